The minimum absolute atomic E-state index is 0.0345. The first-order valence-electron chi connectivity index (χ1n) is 6.69. The van der Waals surface area contributed by atoms with E-state index in [0.29, 0.717) is 0 Å². The number of pyridine rings is 1. The average Bonchev–Trinajstić information content (AvgIpc) is 2.50. The van der Waals surface area contributed by atoms with E-state index in [1.165, 1.54) is 11.7 Å². The first-order chi connectivity index (χ1) is 10.1. The lowest BCUT2D eigenvalue weighted by atomic mass is 10.1. The number of methoxy groups -OCH3 is 1. The summed E-state index contributed by atoms with van der Waals surface area (Å²) in [6.45, 7) is 1.87. The van der Waals surface area contributed by atoms with Crippen LogP contribution in [0.3, 0.4) is 0 Å². The molecule has 0 saturated heterocycles. The fourth-order valence-electron chi connectivity index (χ4n) is 2.06. The van der Waals surface area contributed by atoms with Gasteiger partial charge in [0.15, 0.2) is 5.75 Å². The van der Waals surface area contributed by atoms with Gasteiger partial charge in [0.05, 0.1) is 13.2 Å². The van der Waals surface area contributed by atoms with E-state index in [0.717, 1.165) is 5.56 Å². The SMILES string of the molecule is COc1cccn(CC(=O)NC(C)c2ccccc2)c1=O. The third kappa shape index (κ3) is 3.72. The molecule has 2 rings (SSSR count). The number of benzene rings is 1. The molecule has 5 nitrogen and oxygen atoms in total. The number of nitrogens with one attached hydrogen (secondary N) is 1. The van der Waals surface area contributed by atoms with Crippen LogP contribution in [-0.2, 0) is 11.3 Å². The average molecular weight is 286 g/mol. The van der Waals surface area contributed by atoms with Gasteiger partial charge in [0.25, 0.3) is 5.56 Å². The molecule has 0 aliphatic carbocycles. The standard InChI is InChI=1S/C16H18N2O3/c1-12(13-7-4-3-5-8-13)17-15(19)11-18-10-6-9-14(21-2)16(18)20/h3-10,12H,11H2,1-2H3,(H,17,19). The minimum atomic E-state index is -0.317. The van der Waals surface area contributed by atoms with Crippen LogP contribution in [0.4, 0.5) is 0 Å². The third-order valence-corrected chi connectivity index (χ3v) is 3.20. The van der Waals surface area contributed by atoms with Crippen molar-refractivity contribution in [3.63, 3.8) is 0 Å². The lowest BCUT2D eigenvalue weighted by Gasteiger charge is -2.15. The molecule has 2 aromatic rings. The van der Waals surface area contributed by atoms with Gasteiger partial charge in [0.1, 0.15) is 6.54 Å². The van der Waals surface area contributed by atoms with E-state index in [2.05, 4.69) is 5.32 Å². The zero-order chi connectivity index (χ0) is 15.2. The van der Waals surface area contributed by atoms with Crippen molar-refractivity contribution in [1.29, 1.82) is 0 Å². The summed E-state index contributed by atoms with van der Waals surface area (Å²) >= 11 is 0. The van der Waals surface area contributed by atoms with Gasteiger partial charge in [0.2, 0.25) is 5.91 Å². The number of hydrogen-bond donors (Lipinski definition) is 1. The maximum atomic E-state index is 12.0. The van der Waals surface area contributed by atoms with Crippen LogP contribution in [0.15, 0.2) is 53.5 Å². The molecule has 1 aromatic carbocycles. The molecule has 1 aromatic heterocycles. The summed E-state index contributed by atoms with van der Waals surface area (Å²) in [7, 11) is 1.43. The van der Waals surface area contributed by atoms with Gasteiger partial charge in [-0.05, 0) is 24.6 Å². The highest BCUT2D eigenvalue weighted by Gasteiger charge is 2.11. The lowest BCUT2D eigenvalue weighted by molar-refractivity contribution is -0.122. The highest BCUT2D eigenvalue weighted by Crippen LogP contribution is 2.10. The number of rotatable bonds is 5. The second-order valence-electron chi connectivity index (χ2n) is 4.71. The molecule has 0 spiro atoms. The molecule has 0 fully saturated rings. The topological polar surface area (TPSA) is 60.3 Å². The fourth-order valence-corrected chi connectivity index (χ4v) is 2.06. The maximum Gasteiger partial charge on any atom is 0.293 e. The Bertz CT molecular complexity index is 665. The van der Waals surface area contributed by atoms with Crippen molar-refractivity contribution in [2.75, 3.05) is 7.11 Å². The zero-order valence-electron chi connectivity index (χ0n) is 12.1. The van der Waals surface area contributed by atoms with Crippen LogP contribution in [0.2, 0.25) is 0 Å². The molecule has 0 aliphatic rings. The van der Waals surface area contributed by atoms with E-state index in [9.17, 15) is 9.59 Å². The number of carbonyl (C=O) groups is 1. The van der Waals surface area contributed by atoms with Crippen LogP contribution < -0.4 is 15.6 Å². The molecular weight excluding hydrogens is 268 g/mol. The van der Waals surface area contributed by atoms with Crippen molar-refractivity contribution in [3.8, 4) is 5.75 Å². The van der Waals surface area contributed by atoms with Crippen molar-refractivity contribution in [2.24, 2.45) is 0 Å². The van der Waals surface area contributed by atoms with E-state index in [1.54, 1.807) is 18.3 Å². The Labute approximate surface area is 123 Å². The van der Waals surface area contributed by atoms with Crippen LogP contribution in [0, 0.1) is 0 Å². The van der Waals surface area contributed by atoms with Crippen LogP contribution in [0.25, 0.3) is 0 Å². The van der Waals surface area contributed by atoms with Gasteiger partial charge in [0, 0.05) is 6.20 Å². The van der Waals surface area contributed by atoms with Gasteiger partial charge in [-0.2, -0.15) is 0 Å². The van der Waals surface area contributed by atoms with Crippen LogP contribution in [-0.4, -0.2) is 17.6 Å². The van der Waals surface area contributed by atoms with Crippen LogP contribution in [0.1, 0.15) is 18.5 Å². The van der Waals surface area contributed by atoms with E-state index in [4.69, 9.17) is 4.74 Å². The minimum Gasteiger partial charge on any atom is -0.491 e. The van der Waals surface area contributed by atoms with Crippen LogP contribution in [0.5, 0.6) is 5.75 Å². The fraction of sp³-hybridized carbons (Fsp3) is 0.250. The Kier molecular flexibility index (Phi) is 4.77. The number of ether oxygens (including phenoxy) is 1. The Morgan fingerprint density at radius 1 is 1.24 bits per heavy atom. The Balaban J connectivity index is 2.04. The van der Waals surface area contributed by atoms with Crippen molar-refractivity contribution < 1.29 is 9.53 Å². The third-order valence-electron chi connectivity index (χ3n) is 3.20. The molecule has 1 amide bonds. The van der Waals surface area contributed by atoms with Crippen molar-refractivity contribution in [2.45, 2.75) is 19.5 Å². The van der Waals surface area contributed by atoms with E-state index >= 15 is 0 Å². The first kappa shape index (κ1) is 14.8. The molecule has 5 heteroatoms. The summed E-state index contributed by atoms with van der Waals surface area (Å²) in [6.07, 6.45) is 1.57. The summed E-state index contributed by atoms with van der Waals surface area (Å²) in [6, 6.07) is 12.8. The van der Waals surface area contributed by atoms with Crippen molar-refractivity contribution >= 4 is 5.91 Å². The number of carbonyl (C=O) groups excluding carboxylic acids is 1. The van der Waals surface area contributed by atoms with Gasteiger partial charge in [-0.1, -0.05) is 30.3 Å². The summed E-state index contributed by atoms with van der Waals surface area (Å²) in [5, 5.41) is 2.87. The quantitative estimate of drug-likeness (QED) is 0.910. The highest BCUT2D eigenvalue weighted by atomic mass is 16.5. The van der Waals surface area contributed by atoms with Gasteiger partial charge in [-0.25, -0.2) is 0 Å². The number of nitrogens with zero attached hydrogens (tertiary/aromatic N) is 1. The second kappa shape index (κ2) is 6.74. The van der Waals surface area contributed by atoms with Crippen LogP contribution >= 0.6 is 0 Å². The van der Waals surface area contributed by atoms with Gasteiger partial charge in [-0.3, -0.25) is 9.59 Å². The highest BCUT2D eigenvalue weighted by molar-refractivity contribution is 5.76. The molecule has 0 aliphatic heterocycles. The monoisotopic (exact) mass is 286 g/mol. The molecular formula is C16H18N2O3. The van der Waals surface area contributed by atoms with Gasteiger partial charge < -0.3 is 14.6 Å². The predicted octanol–water partition coefficient (Wildman–Crippen LogP) is 1.73. The number of aromatic nitrogens is 1. The maximum absolute atomic E-state index is 12.0. The van der Waals surface area contributed by atoms with E-state index < -0.39 is 0 Å². The molecule has 0 saturated carbocycles. The summed E-state index contributed by atoms with van der Waals surface area (Å²) < 4.78 is 6.28. The number of amides is 1. The summed E-state index contributed by atoms with van der Waals surface area (Å²) in [4.78, 5) is 24.0. The summed E-state index contributed by atoms with van der Waals surface area (Å²) in [5.74, 6) is 0.00288. The van der Waals surface area contributed by atoms with Crippen molar-refractivity contribution in [1.82, 2.24) is 9.88 Å². The molecule has 1 heterocycles. The molecule has 1 atom stereocenters. The Morgan fingerprint density at radius 2 is 1.95 bits per heavy atom. The normalized spacial score (nSPS) is 11.7. The first-order valence-corrected chi connectivity index (χ1v) is 6.69. The second-order valence-corrected chi connectivity index (χ2v) is 4.71. The zero-order valence-corrected chi connectivity index (χ0v) is 12.1. The Morgan fingerprint density at radius 3 is 2.62 bits per heavy atom. The molecule has 0 radical (unpaired) electrons. The molecule has 110 valence electrons. The largest absolute Gasteiger partial charge is 0.491 e. The predicted molar refractivity (Wildman–Crippen MR) is 80.3 cm³/mol. The smallest absolute Gasteiger partial charge is 0.293 e. The van der Waals surface area contributed by atoms with E-state index in [1.807, 2.05) is 37.3 Å². The summed E-state index contributed by atoms with van der Waals surface area (Å²) in [5.41, 5.74) is 0.700. The van der Waals surface area contributed by atoms with Crippen molar-refractivity contribution in [3.05, 3.63) is 64.6 Å². The molecule has 21 heavy (non-hydrogen) atoms. The lowest BCUT2D eigenvalue weighted by Crippen LogP contribution is -2.33. The van der Waals surface area contributed by atoms with Gasteiger partial charge >= 0.3 is 0 Å². The number of hydrogen-bond acceptors (Lipinski definition) is 3. The molecule has 1 N–H and O–H groups in total. The van der Waals surface area contributed by atoms with Gasteiger partial charge in [-0.15, -0.1) is 0 Å². The Hall–Kier alpha value is -2.56. The van der Waals surface area contributed by atoms with E-state index in [-0.39, 0.29) is 29.8 Å². The molecule has 0 bridgehead atoms. The molecule has 1 unspecified atom stereocenters.